The number of hydrogen-bond donors (Lipinski definition) is 0. The summed E-state index contributed by atoms with van der Waals surface area (Å²) >= 11 is 0. The van der Waals surface area contributed by atoms with Crippen LogP contribution >= 0.6 is 0 Å². The fraction of sp³-hybridized carbons (Fsp3) is 0.300. The summed E-state index contributed by atoms with van der Waals surface area (Å²) in [5.41, 5.74) is -0.916. The molecule has 1 saturated heterocycles. The summed E-state index contributed by atoms with van der Waals surface area (Å²) in [6.45, 7) is 0.738. The van der Waals surface area contributed by atoms with E-state index < -0.39 is 28.4 Å². The summed E-state index contributed by atoms with van der Waals surface area (Å²) in [4.78, 5) is 28.7. The SMILES string of the molecule is CS(=O)c1ccc(C(=O)N2CCN(C(=O)c3ccccc3C(F)(F)F)CC2)cc1. The Hall–Kier alpha value is -2.68. The Labute approximate surface area is 168 Å². The molecule has 1 fully saturated rings. The lowest BCUT2D eigenvalue weighted by molar-refractivity contribution is -0.138. The average Bonchev–Trinajstić information content (AvgIpc) is 2.72. The van der Waals surface area contributed by atoms with Gasteiger partial charge in [-0.3, -0.25) is 13.8 Å². The minimum absolute atomic E-state index is 0.147. The highest BCUT2D eigenvalue weighted by Crippen LogP contribution is 2.32. The Morgan fingerprint density at radius 2 is 1.38 bits per heavy atom. The van der Waals surface area contributed by atoms with Gasteiger partial charge in [0.2, 0.25) is 0 Å². The molecule has 0 radical (unpaired) electrons. The predicted molar refractivity (Wildman–Crippen MR) is 102 cm³/mol. The second-order valence-electron chi connectivity index (χ2n) is 6.61. The summed E-state index contributed by atoms with van der Waals surface area (Å²) in [7, 11) is -1.14. The van der Waals surface area contributed by atoms with Gasteiger partial charge in [-0.25, -0.2) is 0 Å². The molecule has 2 aromatic rings. The highest BCUT2D eigenvalue weighted by Gasteiger charge is 2.36. The van der Waals surface area contributed by atoms with Crippen LogP contribution in [-0.2, 0) is 17.0 Å². The lowest BCUT2D eigenvalue weighted by atomic mass is 10.1. The van der Waals surface area contributed by atoms with E-state index in [1.807, 2.05) is 0 Å². The molecule has 1 aliphatic rings. The standard InChI is InChI=1S/C20H19F3N2O3S/c1-29(28)15-8-6-14(7-9-15)18(26)24-10-12-25(13-11-24)19(27)16-4-2-3-5-17(16)20(21,22)23/h2-9H,10-13H2,1H3. The lowest BCUT2D eigenvalue weighted by Crippen LogP contribution is -2.50. The third kappa shape index (κ3) is 4.67. The van der Waals surface area contributed by atoms with E-state index in [0.717, 1.165) is 6.07 Å². The van der Waals surface area contributed by atoms with E-state index in [2.05, 4.69) is 0 Å². The molecule has 1 aliphatic heterocycles. The number of alkyl halides is 3. The van der Waals surface area contributed by atoms with Gasteiger partial charge in [-0.05, 0) is 36.4 Å². The third-order valence-electron chi connectivity index (χ3n) is 4.75. The predicted octanol–water partition coefficient (Wildman–Crippen LogP) is 3.04. The second kappa shape index (κ2) is 8.36. The Kier molecular flexibility index (Phi) is 6.07. The van der Waals surface area contributed by atoms with Gasteiger partial charge in [0.25, 0.3) is 11.8 Å². The first kappa shape index (κ1) is 21.0. The molecule has 0 saturated carbocycles. The molecule has 1 atom stereocenters. The molecule has 0 spiro atoms. The molecule has 9 heteroatoms. The summed E-state index contributed by atoms with van der Waals surface area (Å²) in [6, 6.07) is 11.1. The Morgan fingerprint density at radius 3 is 1.90 bits per heavy atom. The topological polar surface area (TPSA) is 57.7 Å². The first-order valence-corrected chi connectivity index (χ1v) is 10.4. The van der Waals surface area contributed by atoms with Crippen molar-refractivity contribution in [1.82, 2.24) is 9.80 Å². The van der Waals surface area contributed by atoms with Crippen LogP contribution in [0.5, 0.6) is 0 Å². The monoisotopic (exact) mass is 424 g/mol. The van der Waals surface area contributed by atoms with E-state index in [-0.39, 0.29) is 37.6 Å². The summed E-state index contributed by atoms with van der Waals surface area (Å²) in [5.74, 6) is -0.930. The molecule has 5 nitrogen and oxygen atoms in total. The van der Waals surface area contributed by atoms with Crippen LogP contribution in [0.1, 0.15) is 26.3 Å². The van der Waals surface area contributed by atoms with Crippen LogP contribution in [0.15, 0.2) is 53.4 Å². The first-order valence-electron chi connectivity index (χ1n) is 8.87. The molecule has 0 aliphatic carbocycles. The number of halogens is 3. The van der Waals surface area contributed by atoms with E-state index in [4.69, 9.17) is 0 Å². The second-order valence-corrected chi connectivity index (χ2v) is 7.99. The van der Waals surface area contributed by atoms with Gasteiger partial charge in [-0.1, -0.05) is 12.1 Å². The van der Waals surface area contributed by atoms with E-state index >= 15 is 0 Å². The molecular weight excluding hydrogens is 405 g/mol. The van der Waals surface area contributed by atoms with Crippen molar-refractivity contribution in [1.29, 1.82) is 0 Å². The quantitative estimate of drug-likeness (QED) is 0.761. The molecule has 154 valence electrons. The van der Waals surface area contributed by atoms with Crippen molar-refractivity contribution in [2.75, 3.05) is 32.4 Å². The number of piperazine rings is 1. The molecule has 0 bridgehead atoms. The van der Waals surface area contributed by atoms with Gasteiger partial charge in [0.1, 0.15) is 0 Å². The number of nitrogens with zero attached hydrogens (tertiary/aromatic N) is 2. The number of carbonyl (C=O) groups excluding carboxylic acids is 2. The maximum Gasteiger partial charge on any atom is 0.417 e. The highest BCUT2D eigenvalue weighted by atomic mass is 32.2. The van der Waals surface area contributed by atoms with Crippen molar-refractivity contribution in [2.24, 2.45) is 0 Å². The van der Waals surface area contributed by atoms with Crippen LogP contribution in [0, 0.1) is 0 Å². The van der Waals surface area contributed by atoms with Gasteiger partial charge in [0, 0.05) is 53.7 Å². The summed E-state index contributed by atoms with van der Waals surface area (Å²) < 4.78 is 50.9. The van der Waals surface area contributed by atoms with E-state index in [0.29, 0.717) is 10.5 Å². The maximum atomic E-state index is 13.2. The lowest BCUT2D eigenvalue weighted by Gasteiger charge is -2.35. The minimum Gasteiger partial charge on any atom is -0.335 e. The molecule has 1 unspecified atom stereocenters. The Morgan fingerprint density at radius 1 is 0.862 bits per heavy atom. The first-order chi connectivity index (χ1) is 13.7. The molecular formula is C20H19F3N2O3S. The molecule has 0 aromatic heterocycles. The number of hydrogen-bond acceptors (Lipinski definition) is 3. The molecule has 2 amide bonds. The van der Waals surface area contributed by atoms with Gasteiger partial charge in [-0.15, -0.1) is 0 Å². The molecule has 1 heterocycles. The summed E-state index contributed by atoms with van der Waals surface area (Å²) in [5, 5.41) is 0. The van der Waals surface area contributed by atoms with E-state index in [1.54, 1.807) is 35.4 Å². The van der Waals surface area contributed by atoms with Crippen molar-refractivity contribution in [3.63, 3.8) is 0 Å². The summed E-state index contributed by atoms with van der Waals surface area (Å²) in [6.07, 6.45) is -3.07. The van der Waals surface area contributed by atoms with Gasteiger partial charge in [-0.2, -0.15) is 13.2 Å². The number of carbonyl (C=O) groups is 2. The van der Waals surface area contributed by atoms with E-state index in [9.17, 15) is 27.0 Å². The highest BCUT2D eigenvalue weighted by molar-refractivity contribution is 7.84. The third-order valence-corrected chi connectivity index (χ3v) is 5.69. The van der Waals surface area contributed by atoms with Crippen LogP contribution in [0.2, 0.25) is 0 Å². The smallest absolute Gasteiger partial charge is 0.335 e. The fourth-order valence-corrected chi connectivity index (χ4v) is 3.69. The van der Waals surface area contributed by atoms with Crippen molar-refractivity contribution >= 4 is 22.6 Å². The molecule has 29 heavy (non-hydrogen) atoms. The van der Waals surface area contributed by atoms with Gasteiger partial charge in [0.15, 0.2) is 0 Å². The van der Waals surface area contributed by atoms with Crippen LogP contribution in [-0.4, -0.2) is 58.3 Å². The molecule has 3 rings (SSSR count). The van der Waals surface area contributed by atoms with Crippen LogP contribution in [0.25, 0.3) is 0 Å². The van der Waals surface area contributed by atoms with Crippen molar-refractivity contribution < 1.29 is 27.0 Å². The number of benzene rings is 2. The van der Waals surface area contributed by atoms with Gasteiger partial charge >= 0.3 is 6.18 Å². The zero-order valence-electron chi connectivity index (χ0n) is 15.6. The minimum atomic E-state index is -4.61. The zero-order chi connectivity index (χ0) is 21.2. The van der Waals surface area contributed by atoms with Gasteiger partial charge in [0.05, 0.1) is 11.1 Å². The van der Waals surface area contributed by atoms with Gasteiger partial charge < -0.3 is 9.80 Å². The van der Waals surface area contributed by atoms with Crippen molar-refractivity contribution in [3.05, 3.63) is 65.2 Å². The number of amides is 2. The van der Waals surface area contributed by atoms with Crippen LogP contribution in [0.3, 0.4) is 0 Å². The normalized spacial score (nSPS) is 15.9. The largest absolute Gasteiger partial charge is 0.417 e. The molecule has 0 N–H and O–H groups in total. The average molecular weight is 424 g/mol. The van der Waals surface area contributed by atoms with Crippen molar-refractivity contribution in [2.45, 2.75) is 11.1 Å². The van der Waals surface area contributed by atoms with Crippen LogP contribution < -0.4 is 0 Å². The van der Waals surface area contributed by atoms with Crippen LogP contribution in [0.4, 0.5) is 13.2 Å². The van der Waals surface area contributed by atoms with E-state index in [1.165, 1.54) is 23.1 Å². The Bertz CT molecular complexity index is 937. The maximum absolute atomic E-state index is 13.2. The van der Waals surface area contributed by atoms with Crippen molar-refractivity contribution in [3.8, 4) is 0 Å². The number of rotatable bonds is 3. The fourth-order valence-electron chi connectivity index (χ4n) is 3.17. The zero-order valence-corrected chi connectivity index (χ0v) is 16.4. The molecule has 2 aromatic carbocycles. The Balaban J connectivity index is 1.67.